The maximum absolute atomic E-state index is 15.4. The minimum absolute atomic E-state index is 0.608. The van der Waals surface area contributed by atoms with Crippen LogP contribution >= 0.6 is 7.14 Å². The van der Waals surface area contributed by atoms with Gasteiger partial charge in [-0.1, -0.05) is 18.2 Å². The molecule has 0 atom stereocenters. The van der Waals surface area contributed by atoms with Crippen molar-refractivity contribution in [1.29, 1.82) is 0 Å². The van der Waals surface area contributed by atoms with Crippen LogP contribution in [-0.4, -0.2) is 0 Å². The van der Waals surface area contributed by atoms with E-state index in [2.05, 4.69) is 0 Å². The average Bonchev–Trinajstić information content (AvgIpc) is 3.07. The van der Waals surface area contributed by atoms with E-state index in [-0.39, 0.29) is 0 Å². The largest absolute Gasteiger partial charge is 0.457 e. The summed E-state index contributed by atoms with van der Waals surface area (Å²) in [5, 5.41) is 1.94. The molecule has 6 aromatic rings. The van der Waals surface area contributed by atoms with Crippen LogP contribution in [0.2, 0.25) is 0 Å². The number of aryl methyl sites for hydroxylation is 3. The first-order valence-corrected chi connectivity index (χ1v) is 16.8. The molecule has 0 spiro atoms. The predicted octanol–water partition coefficient (Wildman–Crippen LogP) is 8.37. The summed E-state index contributed by atoms with van der Waals surface area (Å²) in [5.41, 5.74) is 22.7. The summed E-state index contributed by atoms with van der Waals surface area (Å²) >= 11 is 0. The minimum Gasteiger partial charge on any atom is -0.457 e. The van der Waals surface area contributed by atoms with Gasteiger partial charge in [-0.25, -0.2) is 0 Å². The van der Waals surface area contributed by atoms with Crippen molar-refractivity contribution in [2.24, 2.45) is 0 Å². The summed E-state index contributed by atoms with van der Waals surface area (Å²) in [7, 11) is -3.36. The van der Waals surface area contributed by atoms with E-state index in [1.807, 2.05) is 130 Å². The molecule has 0 aromatic heterocycles. The van der Waals surface area contributed by atoms with Crippen LogP contribution in [0.15, 0.2) is 127 Å². The Morgan fingerprint density at radius 3 is 0.915 bits per heavy atom. The molecule has 0 radical (unpaired) electrons. The van der Waals surface area contributed by atoms with Crippen LogP contribution < -0.4 is 47.3 Å². The van der Waals surface area contributed by atoms with Gasteiger partial charge in [0.25, 0.3) is 0 Å². The van der Waals surface area contributed by atoms with Crippen LogP contribution in [0.1, 0.15) is 16.7 Å². The third kappa shape index (κ3) is 6.81. The molecule has 0 aliphatic carbocycles. The summed E-state index contributed by atoms with van der Waals surface area (Å²) < 4.78 is 33.7. The molecule has 0 fully saturated rings. The zero-order valence-electron chi connectivity index (χ0n) is 26.4. The van der Waals surface area contributed by atoms with Gasteiger partial charge in [0.05, 0.1) is 0 Å². The van der Waals surface area contributed by atoms with Crippen molar-refractivity contribution < 1.29 is 18.8 Å². The highest BCUT2D eigenvalue weighted by Gasteiger charge is 2.30. The lowest BCUT2D eigenvalue weighted by Crippen LogP contribution is -2.25. The van der Waals surface area contributed by atoms with E-state index < -0.39 is 7.14 Å². The van der Waals surface area contributed by atoms with Crippen LogP contribution in [0.3, 0.4) is 0 Å². The van der Waals surface area contributed by atoms with Gasteiger partial charge in [0.15, 0.2) is 7.14 Å². The first-order chi connectivity index (χ1) is 22.6. The fourth-order valence-corrected chi connectivity index (χ4v) is 7.78. The van der Waals surface area contributed by atoms with E-state index in [1.54, 1.807) is 18.2 Å². The van der Waals surface area contributed by atoms with Crippen LogP contribution in [0.5, 0.6) is 34.5 Å². The molecule has 0 aliphatic rings. The zero-order valence-corrected chi connectivity index (χ0v) is 27.3. The van der Waals surface area contributed by atoms with Crippen LogP contribution in [0.4, 0.5) is 17.1 Å². The Bertz CT molecular complexity index is 1850. The average molecular weight is 642 g/mol. The summed E-state index contributed by atoms with van der Waals surface area (Å²) in [4.78, 5) is 0. The molecule has 8 heteroatoms. The first kappa shape index (κ1) is 31.3. The van der Waals surface area contributed by atoms with Gasteiger partial charge in [-0.05, 0) is 128 Å². The fourth-order valence-electron chi connectivity index (χ4n) is 5.18. The molecule has 236 valence electrons. The molecular weight excluding hydrogens is 605 g/mol. The number of ether oxygens (including phenoxy) is 3. The lowest BCUT2D eigenvalue weighted by Gasteiger charge is -2.21. The molecule has 0 saturated carbocycles. The van der Waals surface area contributed by atoms with Crippen molar-refractivity contribution in [2.75, 3.05) is 17.2 Å². The third-order valence-electron chi connectivity index (χ3n) is 7.92. The van der Waals surface area contributed by atoms with Crippen molar-refractivity contribution in [2.45, 2.75) is 20.8 Å². The standard InChI is InChI=1S/C39H36N3O4P/c1-25-4-7-28(40)22-37(25)44-31-10-16-34(17-11-31)47(43,35-18-12-32(13-19-35)45-38-23-29(41)8-5-26(38)2)36-20-14-33(15-21-36)46-39-24-30(42)9-6-27(39)3/h4-24H,40-42H2,1-3H3. The summed E-state index contributed by atoms with van der Waals surface area (Å²) in [5.74, 6) is 3.82. The van der Waals surface area contributed by atoms with Crippen molar-refractivity contribution in [3.8, 4) is 34.5 Å². The van der Waals surface area contributed by atoms with Gasteiger partial charge in [0.1, 0.15) is 34.5 Å². The van der Waals surface area contributed by atoms with Crippen molar-refractivity contribution in [1.82, 2.24) is 0 Å². The summed E-state index contributed by atoms with van der Waals surface area (Å²) in [6.07, 6.45) is 0. The Morgan fingerprint density at radius 2 is 0.660 bits per heavy atom. The normalized spacial score (nSPS) is 11.2. The van der Waals surface area contributed by atoms with E-state index in [1.165, 1.54) is 0 Å². The third-order valence-corrected chi connectivity index (χ3v) is 11.0. The Kier molecular flexibility index (Phi) is 8.66. The number of hydrogen-bond acceptors (Lipinski definition) is 7. The zero-order chi connectivity index (χ0) is 33.1. The second-order valence-corrected chi connectivity index (χ2v) is 14.2. The molecule has 7 nitrogen and oxygen atoms in total. The van der Waals surface area contributed by atoms with E-state index in [0.717, 1.165) is 16.7 Å². The Balaban J connectivity index is 1.35. The number of benzene rings is 6. The van der Waals surface area contributed by atoms with Gasteiger partial charge in [-0.3, -0.25) is 0 Å². The highest BCUT2D eigenvalue weighted by atomic mass is 31.2. The van der Waals surface area contributed by atoms with E-state index in [4.69, 9.17) is 31.4 Å². The predicted molar refractivity (Wildman–Crippen MR) is 193 cm³/mol. The molecule has 6 rings (SSSR count). The van der Waals surface area contributed by atoms with Crippen molar-refractivity contribution >= 4 is 40.1 Å². The smallest absolute Gasteiger partial charge is 0.171 e. The first-order valence-electron chi connectivity index (χ1n) is 15.1. The Morgan fingerprint density at radius 1 is 0.404 bits per heavy atom. The molecule has 0 saturated heterocycles. The second-order valence-electron chi connectivity index (χ2n) is 11.5. The van der Waals surface area contributed by atoms with E-state index in [0.29, 0.717) is 67.5 Å². The number of rotatable bonds is 9. The maximum atomic E-state index is 15.4. The molecular formula is C39H36N3O4P. The number of hydrogen-bond donors (Lipinski definition) is 3. The lowest BCUT2D eigenvalue weighted by atomic mass is 10.2. The van der Waals surface area contributed by atoms with Crippen molar-refractivity contribution in [3.05, 3.63) is 144 Å². The molecule has 0 aliphatic heterocycles. The lowest BCUT2D eigenvalue weighted by molar-refractivity contribution is 0.479. The Labute approximate surface area is 274 Å². The highest BCUT2D eigenvalue weighted by molar-refractivity contribution is 7.85. The number of nitrogens with two attached hydrogens (primary N) is 3. The van der Waals surface area contributed by atoms with Gasteiger partial charge in [0, 0.05) is 51.2 Å². The molecule has 47 heavy (non-hydrogen) atoms. The van der Waals surface area contributed by atoms with Gasteiger partial charge in [-0.15, -0.1) is 0 Å². The maximum Gasteiger partial charge on any atom is 0.171 e. The SMILES string of the molecule is Cc1ccc(N)cc1Oc1ccc(P(=O)(c2ccc(Oc3cc(N)ccc3C)cc2)c2ccc(Oc3cc(N)ccc3C)cc2)cc1. The van der Waals surface area contributed by atoms with Crippen LogP contribution in [0, 0.1) is 20.8 Å². The summed E-state index contributed by atoms with van der Waals surface area (Å²) in [6, 6.07) is 38.6. The minimum atomic E-state index is -3.36. The topological polar surface area (TPSA) is 123 Å². The number of anilines is 3. The van der Waals surface area contributed by atoms with Crippen LogP contribution in [0.25, 0.3) is 0 Å². The van der Waals surface area contributed by atoms with Gasteiger partial charge in [-0.2, -0.15) is 0 Å². The molecule has 0 bridgehead atoms. The second kappa shape index (κ2) is 13.0. The Hall–Kier alpha value is -5.65. The molecule has 0 heterocycles. The van der Waals surface area contributed by atoms with Gasteiger partial charge in [0.2, 0.25) is 0 Å². The molecule has 0 amide bonds. The summed E-state index contributed by atoms with van der Waals surface area (Å²) in [6.45, 7) is 5.88. The quantitative estimate of drug-likeness (QED) is 0.107. The van der Waals surface area contributed by atoms with E-state index in [9.17, 15) is 0 Å². The monoisotopic (exact) mass is 641 g/mol. The molecule has 6 aromatic carbocycles. The molecule has 0 unspecified atom stereocenters. The van der Waals surface area contributed by atoms with Gasteiger partial charge < -0.3 is 36.0 Å². The van der Waals surface area contributed by atoms with Crippen LogP contribution in [-0.2, 0) is 4.57 Å². The number of nitrogen functional groups attached to an aromatic ring is 3. The highest BCUT2D eigenvalue weighted by Crippen LogP contribution is 2.44. The fraction of sp³-hybridized carbons (Fsp3) is 0.0769. The van der Waals surface area contributed by atoms with Crippen molar-refractivity contribution in [3.63, 3.8) is 0 Å². The van der Waals surface area contributed by atoms with Gasteiger partial charge >= 0.3 is 0 Å². The van der Waals surface area contributed by atoms with E-state index >= 15 is 4.57 Å². The molecule has 6 N–H and O–H groups in total.